The van der Waals surface area contributed by atoms with Gasteiger partial charge in [0.2, 0.25) is 5.55 Å². The SMILES string of the molecule is CCOc1cccc2cc(-c3nc(-c4ccc(Br)cc4)cs3)c(=Nc3cc(C)ccc3C)oc12. The van der Waals surface area contributed by atoms with Crippen molar-refractivity contribution in [1.29, 1.82) is 0 Å². The van der Waals surface area contributed by atoms with Gasteiger partial charge in [-0.3, -0.25) is 0 Å². The number of rotatable bonds is 5. The smallest absolute Gasteiger partial charge is 0.230 e. The maximum absolute atomic E-state index is 6.43. The van der Waals surface area contributed by atoms with Crippen LogP contribution in [0, 0.1) is 13.8 Å². The van der Waals surface area contributed by atoms with Gasteiger partial charge in [-0.1, -0.05) is 52.3 Å². The van der Waals surface area contributed by atoms with Crippen molar-refractivity contribution in [1.82, 2.24) is 4.98 Å². The Bertz CT molecular complexity index is 1550. The lowest BCUT2D eigenvalue weighted by molar-refractivity contribution is 0.337. The van der Waals surface area contributed by atoms with Crippen LogP contribution in [0.1, 0.15) is 18.1 Å². The summed E-state index contributed by atoms with van der Waals surface area (Å²) in [5.74, 6) is 0.707. The van der Waals surface area contributed by atoms with Crippen molar-refractivity contribution in [2.45, 2.75) is 20.8 Å². The lowest BCUT2D eigenvalue weighted by Gasteiger charge is -2.08. The summed E-state index contributed by atoms with van der Waals surface area (Å²) in [5.41, 5.74) is 7.15. The zero-order chi connectivity index (χ0) is 23.7. The zero-order valence-electron chi connectivity index (χ0n) is 19.1. The van der Waals surface area contributed by atoms with Gasteiger partial charge in [0.25, 0.3) is 0 Å². The molecule has 0 amide bonds. The Hall–Kier alpha value is -3.22. The van der Waals surface area contributed by atoms with Gasteiger partial charge in [0.1, 0.15) is 5.01 Å². The summed E-state index contributed by atoms with van der Waals surface area (Å²) >= 11 is 5.08. The zero-order valence-corrected chi connectivity index (χ0v) is 21.5. The van der Waals surface area contributed by atoms with Crippen LogP contribution in [0.2, 0.25) is 0 Å². The number of ether oxygens (including phenoxy) is 1. The second kappa shape index (κ2) is 9.57. The lowest BCUT2D eigenvalue weighted by Crippen LogP contribution is -2.06. The van der Waals surface area contributed by atoms with Gasteiger partial charge < -0.3 is 9.15 Å². The second-order valence-corrected chi connectivity index (χ2v) is 9.79. The lowest BCUT2D eigenvalue weighted by atomic mass is 10.1. The van der Waals surface area contributed by atoms with Gasteiger partial charge in [0, 0.05) is 20.8 Å². The van der Waals surface area contributed by atoms with Crippen LogP contribution >= 0.6 is 27.3 Å². The molecule has 0 bridgehead atoms. The van der Waals surface area contributed by atoms with Crippen molar-refractivity contribution >= 4 is 43.9 Å². The van der Waals surface area contributed by atoms with E-state index in [1.54, 1.807) is 11.3 Å². The van der Waals surface area contributed by atoms with Crippen LogP contribution in [0.4, 0.5) is 5.69 Å². The summed E-state index contributed by atoms with van der Waals surface area (Å²) in [7, 11) is 0. The Labute approximate surface area is 210 Å². The highest BCUT2D eigenvalue weighted by molar-refractivity contribution is 9.10. The van der Waals surface area contributed by atoms with Crippen LogP contribution in [0.25, 0.3) is 32.8 Å². The Balaban J connectivity index is 1.74. The third kappa shape index (κ3) is 4.56. The first-order valence-corrected chi connectivity index (χ1v) is 12.7. The first-order valence-electron chi connectivity index (χ1n) is 11.1. The van der Waals surface area contributed by atoms with Crippen LogP contribution in [0.15, 0.2) is 86.0 Å². The molecule has 0 aliphatic carbocycles. The topological polar surface area (TPSA) is 47.6 Å². The molecule has 0 saturated carbocycles. The summed E-state index contributed by atoms with van der Waals surface area (Å²) < 4.78 is 13.3. The van der Waals surface area contributed by atoms with Gasteiger partial charge in [-0.15, -0.1) is 11.3 Å². The molecule has 0 fully saturated rings. The molecule has 5 rings (SSSR count). The highest BCUT2D eigenvalue weighted by Crippen LogP contribution is 2.32. The normalized spacial score (nSPS) is 11.8. The molecule has 0 spiro atoms. The van der Waals surface area contributed by atoms with E-state index in [4.69, 9.17) is 19.1 Å². The Kier molecular flexibility index (Phi) is 6.35. The Morgan fingerprint density at radius 3 is 2.65 bits per heavy atom. The summed E-state index contributed by atoms with van der Waals surface area (Å²) in [4.78, 5) is 9.90. The standard InChI is InChI=1S/C28H23BrN2O2S/c1-4-32-25-7-5-6-20-15-22(28-31-24(16-34-28)19-10-12-21(29)13-11-19)27(33-26(20)25)30-23-14-17(2)8-9-18(23)3/h5-16H,4H2,1-3H3. The van der Waals surface area contributed by atoms with E-state index in [9.17, 15) is 0 Å². The molecule has 4 nitrogen and oxygen atoms in total. The van der Waals surface area contributed by atoms with E-state index in [1.165, 1.54) is 0 Å². The molecular formula is C28H23BrN2O2S. The second-order valence-electron chi connectivity index (χ2n) is 8.02. The predicted octanol–water partition coefficient (Wildman–Crippen LogP) is 8.23. The van der Waals surface area contributed by atoms with Crippen molar-refractivity contribution in [3.05, 3.63) is 93.3 Å². The number of nitrogens with zero attached hydrogens (tertiary/aromatic N) is 2. The van der Waals surface area contributed by atoms with E-state index >= 15 is 0 Å². The Morgan fingerprint density at radius 2 is 1.85 bits per heavy atom. The van der Waals surface area contributed by atoms with E-state index in [-0.39, 0.29) is 0 Å². The van der Waals surface area contributed by atoms with E-state index in [0.717, 1.165) is 48.5 Å². The summed E-state index contributed by atoms with van der Waals surface area (Å²) in [5, 5.41) is 3.87. The third-order valence-electron chi connectivity index (χ3n) is 5.50. The van der Waals surface area contributed by atoms with Crippen molar-refractivity contribution in [3.8, 4) is 27.6 Å². The molecule has 0 unspecified atom stereocenters. The fourth-order valence-electron chi connectivity index (χ4n) is 3.73. The fraction of sp³-hybridized carbons (Fsp3) is 0.143. The minimum atomic E-state index is 0.519. The molecule has 0 N–H and O–H groups in total. The van der Waals surface area contributed by atoms with Crippen molar-refractivity contribution in [3.63, 3.8) is 0 Å². The molecule has 2 heterocycles. The largest absolute Gasteiger partial charge is 0.490 e. The molecule has 5 aromatic rings. The number of thiazole rings is 1. The number of fused-ring (bicyclic) bond motifs is 1. The molecule has 34 heavy (non-hydrogen) atoms. The van der Waals surface area contributed by atoms with Gasteiger partial charge in [-0.05, 0) is 62.2 Å². The number of aromatic nitrogens is 1. The Morgan fingerprint density at radius 1 is 1.03 bits per heavy atom. The number of halogens is 1. The van der Waals surface area contributed by atoms with E-state index in [2.05, 4.69) is 71.6 Å². The first kappa shape index (κ1) is 22.6. The number of hydrogen-bond donors (Lipinski definition) is 0. The average molecular weight is 531 g/mol. The average Bonchev–Trinajstić information content (AvgIpc) is 3.32. The van der Waals surface area contributed by atoms with Crippen LogP contribution in [-0.4, -0.2) is 11.6 Å². The van der Waals surface area contributed by atoms with Crippen molar-refractivity contribution in [2.24, 2.45) is 4.99 Å². The highest BCUT2D eigenvalue weighted by atomic mass is 79.9. The minimum Gasteiger partial charge on any atom is -0.490 e. The molecule has 6 heteroatoms. The van der Waals surface area contributed by atoms with E-state index < -0.39 is 0 Å². The fourth-order valence-corrected chi connectivity index (χ4v) is 4.83. The van der Waals surface area contributed by atoms with Gasteiger partial charge in [-0.2, -0.15) is 0 Å². The molecule has 0 atom stereocenters. The number of hydrogen-bond acceptors (Lipinski definition) is 5. The molecule has 0 saturated heterocycles. The van der Waals surface area contributed by atoms with Crippen LogP contribution in [0.5, 0.6) is 5.75 Å². The molecule has 0 radical (unpaired) electrons. The highest BCUT2D eigenvalue weighted by Gasteiger charge is 2.15. The van der Waals surface area contributed by atoms with Crippen LogP contribution in [-0.2, 0) is 0 Å². The monoisotopic (exact) mass is 530 g/mol. The molecule has 0 aliphatic rings. The number of para-hydroxylation sites is 1. The van der Waals surface area contributed by atoms with Gasteiger partial charge in [0.05, 0.1) is 23.6 Å². The summed E-state index contributed by atoms with van der Waals surface area (Å²) in [6.45, 7) is 6.64. The van der Waals surface area contributed by atoms with Gasteiger partial charge in [0.15, 0.2) is 11.3 Å². The van der Waals surface area contributed by atoms with Gasteiger partial charge in [-0.25, -0.2) is 9.98 Å². The van der Waals surface area contributed by atoms with E-state index in [0.29, 0.717) is 23.5 Å². The number of benzene rings is 3. The quantitative estimate of drug-likeness (QED) is 0.230. The van der Waals surface area contributed by atoms with Crippen molar-refractivity contribution in [2.75, 3.05) is 6.61 Å². The van der Waals surface area contributed by atoms with E-state index in [1.807, 2.05) is 37.3 Å². The van der Waals surface area contributed by atoms with Crippen LogP contribution in [0.3, 0.4) is 0 Å². The molecule has 170 valence electrons. The molecular weight excluding hydrogens is 508 g/mol. The maximum Gasteiger partial charge on any atom is 0.230 e. The maximum atomic E-state index is 6.43. The van der Waals surface area contributed by atoms with Crippen molar-refractivity contribution < 1.29 is 9.15 Å². The third-order valence-corrected chi connectivity index (χ3v) is 6.90. The summed E-state index contributed by atoms with van der Waals surface area (Å²) in [6.07, 6.45) is 0. The molecule has 2 aromatic heterocycles. The summed E-state index contributed by atoms with van der Waals surface area (Å²) in [6, 6.07) is 22.4. The molecule has 0 aliphatic heterocycles. The minimum absolute atomic E-state index is 0.519. The first-order chi connectivity index (χ1) is 16.5. The predicted molar refractivity (Wildman–Crippen MR) is 143 cm³/mol. The van der Waals surface area contributed by atoms with Gasteiger partial charge >= 0.3 is 0 Å². The molecule has 3 aromatic carbocycles. The van der Waals surface area contributed by atoms with Crippen LogP contribution < -0.4 is 10.3 Å². The number of aryl methyl sites for hydroxylation is 2.